The van der Waals surface area contributed by atoms with Crippen LogP contribution >= 0.6 is 8.15 Å². The Bertz CT molecular complexity index is 540. The standard InChI is InChI=1S/C20H26O3P.ClH.Mg/c1-3-5-15-22-17-7-11-19(12-8-17)24(21)20-13-9-18(10-14-20)23-16-6-4-2;;/h7-14H,3-6,15-16H2,1-2H3;1H;/q-1;;+2/p-1. The molecule has 3 nitrogen and oxygen atoms in total. The fourth-order valence-corrected chi connectivity index (χ4v) is 3.31. The van der Waals surface area contributed by atoms with E-state index in [1.54, 1.807) is 0 Å². The summed E-state index contributed by atoms with van der Waals surface area (Å²) in [5.74, 6) is 1.66. The number of hydrogen-bond donors (Lipinski definition) is 0. The van der Waals surface area contributed by atoms with Crippen LogP contribution in [0.15, 0.2) is 48.5 Å². The summed E-state index contributed by atoms with van der Waals surface area (Å²) in [5, 5.41) is 1.62. The molecule has 0 heterocycles. The maximum absolute atomic E-state index is 12.7. The fraction of sp³-hybridized carbons (Fsp3) is 0.400. The van der Waals surface area contributed by atoms with Crippen molar-refractivity contribution < 1.29 is 26.8 Å². The SMILES string of the molecule is CCCCOc1ccc(P([O-])c2ccc(OCCCC)cc2)cc1.[Cl-].[Mg+2]. The molecule has 6 heteroatoms. The number of hydrogen-bond acceptors (Lipinski definition) is 3. The van der Waals surface area contributed by atoms with Gasteiger partial charge in [0.1, 0.15) is 11.5 Å². The number of unbranched alkanes of at least 4 members (excludes halogenated alkanes) is 2. The summed E-state index contributed by atoms with van der Waals surface area (Å²) in [7, 11) is -1.59. The van der Waals surface area contributed by atoms with Crippen LogP contribution in [0.5, 0.6) is 11.5 Å². The van der Waals surface area contributed by atoms with E-state index < -0.39 is 8.15 Å². The number of halogens is 1. The average molecular weight is 405 g/mol. The minimum atomic E-state index is -1.59. The Morgan fingerprint density at radius 1 is 0.731 bits per heavy atom. The van der Waals surface area contributed by atoms with E-state index in [1.807, 2.05) is 48.5 Å². The van der Waals surface area contributed by atoms with Crippen molar-refractivity contribution in [2.24, 2.45) is 0 Å². The van der Waals surface area contributed by atoms with Crippen LogP contribution in [0.25, 0.3) is 0 Å². The molecule has 0 radical (unpaired) electrons. The summed E-state index contributed by atoms with van der Waals surface area (Å²) < 4.78 is 11.3. The molecular weight excluding hydrogens is 379 g/mol. The summed E-state index contributed by atoms with van der Waals surface area (Å²) in [6.45, 7) is 5.72. The third-order valence-corrected chi connectivity index (χ3v) is 5.21. The maximum atomic E-state index is 12.7. The third kappa shape index (κ3) is 8.45. The molecule has 0 spiro atoms. The zero-order valence-corrected chi connectivity index (χ0v) is 18.7. The van der Waals surface area contributed by atoms with Crippen molar-refractivity contribution in [3.05, 3.63) is 48.5 Å². The van der Waals surface area contributed by atoms with Gasteiger partial charge in [0.25, 0.3) is 0 Å². The second-order valence-corrected chi connectivity index (χ2v) is 7.31. The summed E-state index contributed by atoms with van der Waals surface area (Å²) in [5.41, 5.74) is 0. The molecule has 0 unspecified atom stereocenters. The van der Waals surface area contributed by atoms with Crippen LogP contribution < -0.4 is 37.4 Å². The van der Waals surface area contributed by atoms with Gasteiger partial charge in [0.05, 0.1) is 13.2 Å². The van der Waals surface area contributed by atoms with Crippen molar-refractivity contribution in [2.75, 3.05) is 13.2 Å². The topological polar surface area (TPSA) is 41.5 Å². The molecule has 0 aliphatic carbocycles. The summed E-state index contributed by atoms with van der Waals surface area (Å²) >= 11 is 0. The van der Waals surface area contributed by atoms with Gasteiger partial charge in [0, 0.05) is 0 Å². The first-order chi connectivity index (χ1) is 11.7. The van der Waals surface area contributed by atoms with E-state index in [9.17, 15) is 4.89 Å². The van der Waals surface area contributed by atoms with Gasteiger partial charge in [-0.2, -0.15) is 0 Å². The third-order valence-electron chi connectivity index (χ3n) is 3.68. The molecule has 0 bridgehead atoms. The smallest absolute Gasteiger partial charge is 1.00 e. The first-order valence-electron chi connectivity index (χ1n) is 8.67. The van der Waals surface area contributed by atoms with E-state index in [1.165, 1.54) is 0 Å². The van der Waals surface area contributed by atoms with Crippen molar-refractivity contribution in [1.82, 2.24) is 0 Å². The molecule has 0 aliphatic heterocycles. The van der Waals surface area contributed by atoms with E-state index in [0.717, 1.165) is 61.0 Å². The molecule has 0 amide bonds. The van der Waals surface area contributed by atoms with Crippen LogP contribution in [-0.2, 0) is 0 Å². The van der Waals surface area contributed by atoms with E-state index in [0.29, 0.717) is 0 Å². The molecule has 138 valence electrons. The van der Waals surface area contributed by atoms with Crippen molar-refractivity contribution in [1.29, 1.82) is 0 Å². The second kappa shape index (κ2) is 14.5. The second-order valence-electron chi connectivity index (χ2n) is 5.69. The first kappa shape index (κ1) is 25.5. The Labute approximate surface area is 180 Å². The predicted molar refractivity (Wildman–Crippen MR) is 106 cm³/mol. The molecule has 0 atom stereocenters. The minimum absolute atomic E-state index is 0. The predicted octanol–water partition coefficient (Wildman–Crippen LogP) is 0.376. The van der Waals surface area contributed by atoms with Gasteiger partial charge in [-0.3, -0.25) is 0 Å². The Balaban J connectivity index is 0.00000312. The van der Waals surface area contributed by atoms with Gasteiger partial charge in [-0.05, 0) is 47.7 Å². The van der Waals surface area contributed by atoms with Gasteiger partial charge < -0.3 is 26.8 Å². The largest absolute Gasteiger partial charge is 2.00 e. The number of benzene rings is 2. The zero-order valence-electron chi connectivity index (χ0n) is 15.6. The molecule has 0 saturated carbocycles. The van der Waals surface area contributed by atoms with Crippen LogP contribution in [0.3, 0.4) is 0 Å². The number of ether oxygens (including phenoxy) is 2. The van der Waals surface area contributed by atoms with Crippen molar-refractivity contribution in [2.45, 2.75) is 39.5 Å². The Morgan fingerprint density at radius 3 is 1.38 bits per heavy atom. The monoisotopic (exact) mass is 404 g/mol. The fourth-order valence-electron chi connectivity index (χ4n) is 2.17. The van der Waals surface area contributed by atoms with Crippen molar-refractivity contribution in [3.8, 4) is 11.5 Å². The Hall–Kier alpha value is -0.514. The molecule has 2 aromatic rings. The quantitative estimate of drug-likeness (QED) is 0.326. The molecule has 0 fully saturated rings. The van der Waals surface area contributed by atoms with Crippen LogP contribution in [0.4, 0.5) is 0 Å². The molecule has 0 aliphatic rings. The van der Waals surface area contributed by atoms with E-state index in [2.05, 4.69) is 13.8 Å². The van der Waals surface area contributed by atoms with E-state index in [-0.39, 0.29) is 35.5 Å². The van der Waals surface area contributed by atoms with Gasteiger partial charge in [0.15, 0.2) is 0 Å². The maximum Gasteiger partial charge on any atom is 2.00 e. The summed E-state index contributed by atoms with van der Waals surface area (Å²) in [4.78, 5) is 12.7. The van der Waals surface area contributed by atoms with Gasteiger partial charge in [-0.15, -0.1) is 8.15 Å². The Kier molecular flexibility index (Phi) is 14.2. The van der Waals surface area contributed by atoms with Crippen LogP contribution in [0.1, 0.15) is 39.5 Å². The van der Waals surface area contributed by atoms with Crippen LogP contribution in [0.2, 0.25) is 0 Å². The van der Waals surface area contributed by atoms with Crippen molar-refractivity contribution in [3.63, 3.8) is 0 Å². The van der Waals surface area contributed by atoms with Crippen LogP contribution in [-0.4, -0.2) is 36.3 Å². The minimum Gasteiger partial charge on any atom is -1.00 e. The van der Waals surface area contributed by atoms with Gasteiger partial charge in [0.2, 0.25) is 0 Å². The molecule has 0 saturated heterocycles. The van der Waals surface area contributed by atoms with E-state index in [4.69, 9.17) is 9.47 Å². The average Bonchev–Trinajstić information content (AvgIpc) is 2.63. The molecule has 26 heavy (non-hydrogen) atoms. The summed E-state index contributed by atoms with van der Waals surface area (Å²) in [6.07, 6.45) is 4.32. The van der Waals surface area contributed by atoms with Crippen molar-refractivity contribution >= 4 is 41.8 Å². The molecule has 2 aromatic carbocycles. The Morgan fingerprint density at radius 2 is 1.08 bits per heavy atom. The molecule has 2 rings (SSSR count). The molecule has 0 aromatic heterocycles. The van der Waals surface area contributed by atoms with E-state index >= 15 is 0 Å². The van der Waals surface area contributed by atoms with Gasteiger partial charge in [-0.1, -0.05) is 51.0 Å². The van der Waals surface area contributed by atoms with Gasteiger partial charge in [-0.25, -0.2) is 0 Å². The molecule has 0 N–H and O–H groups in total. The number of rotatable bonds is 10. The first-order valence-corrected chi connectivity index (χ1v) is 9.93. The van der Waals surface area contributed by atoms with Gasteiger partial charge >= 0.3 is 23.1 Å². The molecular formula is C20H26ClMgO3P. The summed E-state index contributed by atoms with van der Waals surface area (Å²) in [6, 6.07) is 15.1. The normalized spacial score (nSPS) is 10.0. The van der Waals surface area contributed by atoms with Crippen LogP contribution in [0, 0.1) is 0 Å². The zero-order chi connectivity index (χ0) is 17.2.